The summed E-state index contributed by atoms with van der Waals surface area (Å²) in [5, 5.41) is 19.3. The van der Waals surface area contributed by atoms with Crippen LogP contribution < -0.4 is 5.11 Å². The van der Waals surface area contributed by atoms with E-state index >= 15 is 0 Å². The van der Waals surface area contributed by atoms with Gasteiger partial charge in [-0.05, 0) is 42.5 Å². The second-order valence-electron chi connectivity index (χ2n) is 4.14. The number of hydrogen-bond acceptors (Lipinski definition) is 6. The van der Waals surface area contributed by atoms with E-state index in [1.807, 2.05) is 0 Å². The van der Waals surface area contributed by atoms with Gasteiger partial charge in [0, 0.05) is 0 Å². The topological polar surface area (TPSA) is 97.7 Å². The molecule has 0 saturated carbocycles. The fourth-order valence-corrected chi connectivity index (χ4v) is 2.55. The maximum atomic E-state index is 12.0. The normalized spacial score (nSPS) is 18.6. The first-order chi connectivity index (χ1) is 9.40. The molecule has 1 atom stereocenters. The minimum absolute atomic E-state index is 0.0841. The molecule has 2 rings (SSSR count). The van der Waals surface area contributed by atoms with Gasteiger partial charge in [0.1, 0.15) is 5.75 Å². The third-order valence-corrected chi connectivity index (χ3v) is 3.63. The summed E-state index contributed by atoms with van der Waals surface area (Å²) in [5.41, 5.74) is 0.620. The molecule has 0 aliphatic carbocycles. The monoisotopic (exact) mass is 292 g/mol. The summed E-state index contributed by atoms with van der Waals surface area (Å²) < 4.78 is 0. The summed E-state index contributed by atoms with van der Waals surface area (Å²) in [6.07, 6.45) is 1.46. The largest absolute Gasteiger partial charge is 0.548 e. The Morgan fingerprint density at radius 1 is 1.35 bits per heavy atom. The van der Waals surface area contributed by atoms with Crippen LogP contribution in [0.4, 0.5) is 4.79 Å². The molecule has 1 aromatic carbocycles. The predicted octanol–water partition coefficient (Wildman–Crippen LogP) is 0.567. The minimum Gasteiger partial charge on any atom is -0.548 e. The maximum absolute atomic E-state index is 12.0. The fraction of sp³-hybridized carbons (Fsp3) is 0.154. The molecule has 1 N–H and O–H groups in total. The highest BCUT2D eigenvalue weighted by atomic mass is 32.2. The molecule has 0 aromatic heterocycles. The van der Waals surface area contributed by atoms with Crippen LogP contribution in [0.1, 0.15) is 12.5 Å². The van der Waals surface area contributed by atoms with Crippen LogP contribution in [0.3, 0.4) is 0 Å². The number of aliphatic carboxylic acids is 1. The molecule has 104 valence electrons. The highest BCUT2D eigenvalue weighted by Gasteiger charge is 2.38. The summed E-state index contributed by atoms with van der Waals surface area (Å²) in [6.45, 7) is 1.22. The van der Waals surface area contributed by atoms with Crippen molar-refractivity contribution in [2.75, 3.05) is 0 Å². The number of phenolic OH excluding ortho intramolecular Hbond substituents is 1. The van der Waals surface area contributed by atoms with Gasteiger partial charge in [-0.3, -0.25) is 14.5 Å². The van der Waals surface area contributed by atoms with Crippen LogP contribution >= 0.6 is 11.8 Å². The van der Waals surface area contributed by atoms with Crippen LogP contribution in [0.5, 0.6) is 5.75 Å². The van der Waals surface area contributed by atoms with Crippen LogP contribution in [0, 0.1) is 0 Å². The molecule has 0 unspecified atom stereocenters. The lowest BCUT2D eigenvalue weighted by Gasteiger charge is -2.21. The van der Waals surface area contributed by atoms with Crippen LogP contribution in [0.25, 0.3) is 6.08 Å². The first kappa shape index (κ1) is 14.1. The Hall–Kier alpha value is -2.28. The zero-order chi connectivity index (χ0) is 14.9. The van der Waals surface area contributed by atoms with Crippen molar-refractivity contribution in [3.8, 4) is 5.75 Å². The van der Waals surface area contributed by atoms with Crippen LogP contribution in [-0.2, 0) is 9.59 Å². The molecule has 2 amide bonds. The highest BCUT2D eigenvalue weighted by molar-refractivity contribution is 8.18. The van der Waals surface area contributed by atoms with Gasteiger partial charge in [0.25, 0.3) is 11.1 Å². The molecule has 1 aromatic rings. The summed E-state index contributed by atoms with van der Waals surface area (Å²) >= 11 is 0.671. The molecule has 1 heterocycles. The Morgan fingerprint density at radius 3 is 2.50 bits per heavy atom. The molecule has 0 bridgehead atoms. The van der Waals surface area contributed by atoms with Gasteiger partial charge in [-0.1, -0.05) is 12.1 Å². The first-order valence-corrected chi connectivity index (χ1v) is 6.49. The average molecular weight is 292 g/mol. The second kappa shape index (κ2) is 5.38. The van der Waals surface area contributed by atoms with Gasteiger partial charge >= 0.3 is 0 Å². The van der Waals surface area contributed by atoms with Gasteiger partial charge in [-0.2, -0.15) is 0 Å². The van der Waals surface area contributed by atoms with E-state index < -0.39 is 23.2 Å². The summed E-state index contributed by atoms with van der Waals surface area (Å²) in [5.74, 6) is -2.07. The van der Waals surface area contributed by atoms with E-state index in [0.717, 1.165) is 0 Å². The van der Waals surface area contributed by atoms with Crippen molar-refractivity contribution in [2.45, 2.75) is 13.0 Å². The maximum Gasteiger partial charge on any atom is 0.294 e. The highest BCUT2D eigenvalue weighted by Crippen LogP contribution is 2.33. The van der Waals surface area contributed by atoms with Crippen molar-refractivity contribution < 1.29 is 24.6 Å². The van der Waals surface area contributed by atoms with Gasteiger partial charge in [0.2, 0.25) is 0 Å². The molecule has 7 heteroatoms. The van der Waals surface area contributed by atoms with E-state index in [0.29, 0.717) is 22.2 Å². The van der Waals surface area contributed by atoms with Gasteiger partial charge in [0.15, 0.2) is 0 Å². The zero-order valence-corrected chi connectivity index (χ0v) is 11.2. The Morgan fingerprint density at radius 2 is 1.95 bits per heavy atom. The Labute approximate surface area is 118 Å². The number of rotatable bonds is 3. The number of carboxylic acids is 1. The molecule has 1 saturated heterocycles. The third kappa shape index (κ3) is 2.67. The van der Waals surface area contributed by atoms with Crippen LogP contribution in [0.2, 0.25) is 0 Å². The molecule has 1 aliphatic rings. The summed E-state index contributed by atoms with van der Waals surface area (Å²) in [7, 11) is 0. The molecule has 6 nitrogen and oxygen atoms in total. The number of benzene rings is 1. The van der Waals surface area contributed by atoms with Crippen LogP contribution in [0.15, 0.2) is 29.2 Å². The van der Waals surface area contributed by atoms with E-state index in [1.165, 1.54) is 25.1 Å². The van der Waals surface area contributed by atoms with E-state index in [-0.39, 0.29) is 10.7 Å². The Balaban J connectivity index is 2.28. The Bertz CT molecular complexity index is 608. The average Bonchev–Trinajstić information content (AvgIpc) is 2.66. The molecular weight excluding hydrogens is 282 g/mol. The molecule has 1 aliphatic heterocycles. The van der Waals surface area contributed by atoms with E-state index in [1.54, 1.807) is 12.1 Å². The lowest BCUT2D eigenvalue weighted by molar-refractivity contribution is -0.309. The van der Waals surface area contributed by atoms with Crippen LogP contribution in [-0.4, -0.2) is 33.2 Å². The van der Waals surface area contributed by atoms with Crippen molar-refractivity contribution in [2.24, 2.45) is 0 Å². The number of carbonyl (C=O) groups excluding carboxylic acids is 3. The standard InChI is InChI=1S/C13H11NO5S/c1-7(12(17)18)14-11(16)10(20-13(14)19)6-8-2-4-9(15)5-3-8/h2-7,15H,1H3,(H,17,18)/p-1/b10-6-/t7-/m1/s1. The lowest BCUT2D eigenvalue weighted by Crippen LogP contribution is -2.48. The third-order valence-electron chi connectivity index (χ3n) is 2.74. The predicted molar refractivity (Wildman–Crippen MR) is 70.4 cm³/mol. The van der Waals surface area contributed by atoms with Crippen molar-refractivity contribution in [3.63, 3.8) is 0 Å². The smallest absolute Gasteiger partial charge is 0.294 e. The number of amides is 2. The van der Waals surface area contributed by atoms with E-state index in [4.69, 9.17) is 5.11 Å². The molecule has 0 radical (unpaired) electrons. The van der Waals surface area contributed by atoms with Gasteiger partial charge < -0.3 is 15.0 Å². The van der Waals surface area contributed by atoms with Crippen molar-refractivity contribution in [1.29, 1.82) is 0 Å². The zero-order valence-electron chi connectivity index (χ0n) is 10.4. The fourth-order valence-electron chi connectivity index (χ4n) is 1.64. The lowest BCUT2D eigenvalue weighted by atomic mass is 10.2. The minimum atomic E-state index is -1.49. The molecule has 0 spiro atoms. The van der Waals surface area contributed by atoms with Gasteiger partial charge in [-0.25, -0.2) is 0 Å². The number of carbonyl (C=O) groups is 3. The number of hydrogen-bond donors (Lipinski definition) is 1. The molecular formula is C13H10NO5S-. The SMILES string of the molecule is C[C@H](C(=O)[O-])N1C(=O)S/C(=C\c2ccc(O)cc2)C1=O. The number of aromatic hydroxyl groups is 1. The Kier molecular flexibility index (Phi) is 3.80. The van der Waals surface area contributed by atoms with E-state index in [2.05, 4.69) is 0 Å². The van der Waals surface area contributed by atoms with Crippen molar-refractivity contribution >= 4 is 35.0 Å². The number of phenols is 1. The number of carboxylic acid groups (broad SMARTS) is 1. The first-order valence-electron chi connectivity index (χ1n) is 5.67. The van der Waals surface area contributed by atoms with Crippen molar-refractivity contribution in [1.82, 2.24) is 4.90 Å². The van der Waals surface area contributed by atoms with E-state index in [9.17, 15) is 19.5 Å². The summed E-state index contributed by atoms with van der Waals surface area (Å²) in [4.78, 5) is 35.2. The van der Waals surface area contributed by atoms with Gasteiger partial charge in [-0.15, -0.1) is 0 Å². The molecule has 1 fully saturated rings. The van der Waals surface area contributed by atoms with Gasteiger partial charge in [0.05, 0.1) is 16.9 Å². The number of nitrogens with zero attached hydrogens (tertiary/aromatic N) is 1. The number of thioether (sulfide) groups is 1. The summed E-state index contributed by atoms with van der Waals surface area (Å²) in [6, 6.07) is 4.73. The quantitative estimate of drug-likeness (QED) is 0.818. The number of imide groups is 1. The van der Waals surface area contributed by atoms with Crippen molar-refractivity contribution in [3.05, 3.63) is 34.7 Å². The second-order valence-corrected chi connectivity index (χ2v) is 5.13. The molecule has 20 heavy (non-hydrogen) atoms.